The standard InChI is InChI=1S/C31H32N8.C2H2/c1-21(12-22-8-4-2-5-9-22)36-25-13-24(16-33-17-25)27-14-23(26(32)18-35-27)15-30-37-28-19-34-20-29(31(28)38-30)39-10-6-3-7-11-39;1-2/h2,4-5,8-9,13-14,16-20,36H,1,3,6-7,10-12,15,32H2,(H,37,38);1-2H. The molecular formula is C33H34N8. The molecule has 0 amide bonds. The van der Waals surface area contributed by atoms with E-state index in [0.29, 0.717) is 12.1 Å². The Labute approximate surface area is 240 Å². The Morgan fingerprint density at radius 1 is 0.976 bits per heavy atom. The van der Waals surface area contributed by atoms with Crippen LogP contribution in [0.15, 0.2) is 85.7 Å². The second-order valence-corrected chi connectivity index (χ2v) is 10.1. The zero-order chi connectivity index (χ0) is 28.6. The lowest BCUT2D eigenvalue weighted by molar-refractivity contribution is 0.578. The van der Waals surface area contributed by atoms with E-state index in [9.17, 15) is 0 Å². The number of aromatic amines is 1. The number of H-pyrrole nitrogens is 1. The van der Waals surface area contributed by atoms with Gasteiger partial charge >= 0.3 is 0 Å². The van der Waals surface area contributed by atoms with Crippen molar-refractivity contribution in [1.29, 1.82) is 0 Å². The second kappa shape index (κ2) is 12.8. The number of nitrogens with one attached hydrogen (secondary N) is 2. The number of nitrogen functional groups attached to an aromatic ring is 1. The predicted octanol–water partition coefficient (Wildman–Crippen LogP) is 6.00. The molecule has 5 heterocycles. The minimum atomic E-state index is 0.564. The number of nitrogens with zero attached hydrogens (tertiary/aromatic N) is 5. The van der Waals surface area contributed by atoms with Crippen LogP contribution < -0.4 is 16.0 Å². The van der Waals surface area contributed by atoms with E-state index in [-0.39, 0.29) is 0 Å². The van der Waals surface area contributed by atoms with E-state index in [0.717, 1.165) is 70.3 Å². The zero-order valence-corrected chi connectivity index (χ0v) is 23.1. The molecular weight excluding hydrogens is 508 g/mol. The molecule has 41 heavy (non-hydrogen) atoms. The number of piperidine rings is 1. The van der Waals surface area contributed by atoms with Crippen molar-refractivity contribution in [3.63, 3.8) is 0 Å². The summed E-state index contributed by atoms with van der Waals surface area (Å²) in [7, 11) is 0. The number of terminal acetylenes is 1. The molecule has 5 aromatic rings. The molecule has 6 rings (SSSR count). The molecule has 4 N–H and O–H groups in total. The predicted molar refractivity (Wildman–Crippen MR) is 167 cm³/mol. The van der Waals surface area contributed by atoms with Crippen LogP contribution in [0.2, 0.25) is 0 Å². The Balaban J connectivity index is 0.00000165. The monoisotopic (exact) mass is 542 g/mol. The van der Waals surface area contributed by atoms with Gasteiger partial charge in [0.05, 0.1) is 53.1 Å². The summed E-state index contributed by atoms with van der Waals surface area (Å²) in [6, 6.07) is 14.3. The van der Waals surface area contributed by atoms with E-state index in [1.165, 1.54) is 24.8 Å². The van der Waals surface area contributed by atoms with E-state index >= 15 is 0 Å². The average molecular weight is 543 g/mol. The molecule has 0 aliphatic carbocycles. The van der Waals surface area contributed by atoms with Crippen molar-refractivity contribution in [2.24, 2.45) is 0 Å². The van der Waals surface area contributed by atoms with Gasteiger partial charge in [0.2, 0.25) is 0 Å². The number of anilines is 3. The van der Waals surface area contributed by atoms with Gasteiger partial charge in [0, 0.05) is 43.4 Å². The number of nitrogens with two attached hydrogens (primary N) is 1. The Hall–Kier alpha value is -5.16. The van der Waals surface area contributed by atoms with E-state index < -0.39 is 0 Å². The number of rotatable bonds is 8. The molecule has 0 spiro atoms. The van der Waals surface area contributed by atoms with E-state index in [1.807, 2.05) is 48.9 Å². The fourth-order valence-corrected chi connectivity index (χ4v) is 5.16. The summed E-state index contributed by atoms with van der Waals surface area (Å²) < 4.78 is 0. The van der Waals surface area contributed by atoms with Crippen LogP contribution in [0.4, 0.5) is 17.1 Å². The lowest BCUT2D eigenvalue weighted by Crippen LogP contribution is -2.29. The Bertz CT molecular complexity index is 1650. The van der Waals surface area contributed by atoms with Crippen molar-refractivity contribution >= 4 is 28.1 Å². The van der Waals surface area contributed by atoms with Gasteiger partial charge in [-0.2, -0.15) is 0 Å². The molecule has 0 radical (unpaired) electrons. The van der Waals surface area contributed by atoms with Crippen LogP contribution in [0.3, 0.4) is 0 Å². The molecule has 0 bridgehead atoms. The van der Waals surface area contributed by atoms with Crippen molar-refractivity contribution in [2.45, 2.75) is 32.1 Å². The quantitative estimate of drug-likeness (QED) is 0.207. The average Bonchev–Trinajstić information content (AvgIpc) is 3.43. The molecule has 1 aliphatic heterocycles. The van der Waals surface area contributed by atoms with Gasteiger partial charge in [0.15, 0.2) is 0 Å². The summed E-state index contributed by atoms with van der Waals surface area (Å²) in [4.78, 5) is 24.3. The molecule has 1 aromatic carbocycles. The van der Waals surface area contributed by atoms with E-state index in [2.05, 4.69) is 61.7 Å². The second-order valence-electron chi connectivity index (χ2n) is 10.1. The van der Waals surface area contributed by atoms with Crippen LogP contribution in [0.25, 0.3) is 22.3 Å². The first-order chi connectivity index (χ1) is 20.1. The largest absolute Gasteiger partial charge is 0.397 e. The van der Waals surface area contributed by atoms with Gasteiger partial charge in [-0.3, -0.25) is 15.0 Å². The highest BCUT2D eigenvalue weighted by molar-refractivity contribution is 5.88. The summed E-state index contributed by atoms with van der Waals surface area (Å²) in [5.41, 5.74) is 15.6. The summed E-state index contributed by atoms with van der Waals surface area (Å²) in [5, 5.41) is 3.38. The third kappa shape index (κ3) is 6.53. The van der Waals surface area contributed by atoms with E-state index in [4.69, 9.17) is 10.7 Å². The zero-order valence-electron chi connectivity index (χ0n) is 23.1. The van der Waals surface area contributed by atoms with Gasteiger partial charge in [-0.1, -0.05) is 36.9 Å². The van der Waals surface area contributed by atoms with Gasteiger partial charge in [-0.15, -0.1) is 12.8 Å². The van der Waals surface area contributed by atoms with Crippen molar-refractivity contribution < 1.29 is 0 Å². The van der Waals surface area contributed by atoms with Gasteiger partial charge in [0.1, 0.15) is 11.3 Å². The molecule has 1 saturated heterocycles. The third-order valence-electron chi connectivity index (χ3n) is 7.12. The lowest BCUT2D eigenvalue weighted by Gasteiger charge is -2.28. The van der Waals surface area contributed by atoms with Crippen LogP contribution in [0.5, 0.6) is 0 Å². The molecule has 1 aliphatic rings. The normalized spacial score (nSPS) is 12.9. The summed E-state index contributed by atoms with van der Waals surface area (Å²) in [5.74, 6) is 0.853. The Morgan fingerprint density at radius 2 is 1.76 bits per heavy atom. The smallest absolute Gasteiger partial charge is 0.115 e. The van der Waals surface area contributed by atoms with Gasteiger partial charge in [0.25, 0.3) is 0 Å². The first-order valence-electron chi connectivity index (χ1n) is 13.7. The first kappa shape index (κ1) is 27.4. The van der Waals surface area contributed by atoms with Crippen molar-refractivity contribution in [3.05, 3.63) is 103 Å². The lowest BCUT2D eigenvalue weighted by atomic mass is 10.1. The van der Waals surface area contributed by atoms with Gasteiger partial charge in [-0.25, -0.2) is 4.98 Å². The Kier molecular flexibility index (Phi) is 8.55. The number of hydrogen-bond acceptors (Lipinski definition) is 7. The molecule has 1 fully saturated rings. The maximum Gasteiger partial charge on any atom is 0.115 e. The number of allylic oxidation sites excluding steroid dienone is 1. The van der Waals surface area contributed by atoms with Crippen molar-refractivity contribution in [2.75, 3.05) is 29.0 Å². The van der Waals surface area contributed by atoms with Gasteiger partial charge < -0.3 is 20.9 Å². The number of hydrogen-bond donors (Lipinski definition) is 3. The summed E-state index contributed by atoms with van der Waals surface area (Å²) in [6.07, 6.45) is 22.1. The summed E-state index contributed by atoms with van der Waals surface area (Å²) in [6.45, 7) is 6.28. The number of pyridine rings is 3. The Morgan fingerprint density at radius 3 is 2.56 bits per heavy atom. The molecule has 0 atom stereocenters. The maximum absolute atomic E-state index is 6.36. The highest BCUT2D eigenvalue weighted by atomic mass is 15.2. The number of benzene rings is 1. The fraction of sp³-hybridized carbons (Fsp3) is 0.212. The molecule has 4 aromatic heterocycles. The van der Waals surface area contributed by atoms with Crippen molar-refractivity contribution in [1.82, 2.24) is 24.9 Å². The SMILES string of the molecule is C#C.C=C(Cc1ccccc1)Nc1cncc(-c2cc(Cc3nc4c(N5CCCCC5)cncc4[nH]3)c(N)cn2)c1. The molecule has 8 heteroatoms. The number of imidazole rings is 1. The van der Waals surface area contributed by atoms with Gasteiger partial charge in [-0.05, 0) is 42.5 Å². The van der Waals surface area contributed by atoms with Crippen LogP contribution in [0.1, 0.15) is 36.2 Å². The van der Waals surface area contributed by atoms with Crippen LogP contribution >= 0.6 is 0 Å². The third-order valence-corrected chi connectivity index (χ3v) is 7.12. The van der Waals surface area contributed by atoms with Crippen LogP contribution in [0, 0.1) is 12.8 Å². The van der Waals surface area contributed by atoms with Crippen LogP contribution in [-0.2, 0) is 12.8 Å². The van der Waals surface area contributed by atoms with Crippen molar-refractivity contribution in [3.8, 4) is 24.1 Å². The highest BCUT2D eigenvalue weighted by Crippen LogP contribution is 2.29. The summed E-state index contributed by atoms with van der Waals surface area (Å²) >= 11 is 0. The highest BCUT2D eigenvalue weighted by Gasteiger charge is 2.17. The molecule has 8 nitrogen and oxygen atoms in total. The topological polar surface area (TPSA) is 109 Å². The first-order valence-corrected chi connectivity index (χ1v) is 13.7. The molecule has 0 saturated carbocycles. The maximum atomic E-state index is 6.36. The number of fused-ring (bicyclic) bond motifs is 1. The fourth-order valence-electron chi connectivity index (χ4n) is 5.16. The minimum absolute atomic E-state index is 0.564. The van der Waals surface area contributed by atoms with Crippen LogP contribution in [-0.4, -0.2) is 38.0 Å². The molecule has 206 valence electrons. The number of aromatic nitrogens is 5. The molecule has 0 unspecified atom stereocenters. The minimum Gasteiger partial charge on any atom is -0.397 e. The van der Waals surface area contributed by atoms with E-state index in [1.54, 1.807) is 12.4 Å².